The zero-order valence-electron chi connectivity index (χ0n) is 10.9. The van der Waals surface area contributed by atoms with Crippen molar-refractivity contribution in [1.29, 1.82) is 0 Å². The standard InChI is InChI=1S/C17H18ClN/c1-14(16-5-3-2-4-6-16)13-19-12-11-15-7-9-17(18)10-8-15/h2-10,19H,1,11-13H2. The Kier molecular flexibility index (Phi) is 5.20. The van der Waals surface area contributed by atoms with Gasteiger partial charge in [0, 0.05) is 11.6 Å². The van der Waals surface area contributed by atoms with Crippen LogP contribution in [-0.2, 0) is 6.42 Å². The van der Waals surface area contributed by atoms with Gasteiger partial charge in [-0.2, -0.15) is 0 Å². The first-order valence-electron chi connectivity index (χ1n) is 6.44. The molecule has 1 N–H and O–H groups in total. The minimum Gasteiger partial charge on any atom is -0.312 e. The number of halogens is 1. The number of hydrogen-bond donors (Lipinski definition) is 1. The van der Waals surface area contributed by atoms with E-state index in [4.69, 9.17) is 11.6 Å². The smallest absolute Gasteiger partial charge is 0.0406 e. The first-order chi connectivity index (χ1) is 9.25. The number of rotatable bonds is 6. The van der Waals surface area contributed by atoms with Crippen molar-refractivity contribution in [2.45, 2.75) is 6.42 Å². The van der Waals surface area contributed by atoms with Crippen LogP contribution in [0.25, 0.3) is 5.57 Å². The van der Waals surface area contributed by atoms with E-state index in [0.29, 0.717) is 0 Å². The average Bonchev–Trinajstić information content (AvgIpc) is 2.46. The summed E-state index contributed by atoms with van der Waals surface area (Å²) in [5.74, 6) is 0. The third-order valence-electron chi connectivity index (χ3n) is 3.02. The minimum absolute atomic E-state index is 0.786. The summed E-state index contributed by atoms with van der Waals surface area (Å²) >= 11 is 5.86. The largest absolute Gasteiger partial charge is 0.312 e. The molecule has 2 aromatic rings. The topological polar surface area (TPSA) is 12.0 Å². The summed E-state index contributed by atoms with van der Waals surface area (Å²) in [5.41, 5.74) is 3.61. The molecule has 0 saturated carbocycles. The van der Waals surface area contributed by atoms with E-state index >= 15 is 0 Å². The first-order valence-corrected chi connectivity index (χ1v) is 6.82. The van der Waals surface area contributed by atoms with Crippen molar-refractivity contribution in [3.63, 3.8) is 0 Å². The molecule has 0 atom stereocenters. The summed E-state index contributed by atoms with van der Waals surface area (Å²) in [4.78, 5) is 0. The highest BCUT2D eigenvalue weighted by molar-refractivity contribution is 6.30. The summed E-state index contributed by atoms with van der Waals surface area (Å²) in [7, 11) is 0. The summed E-state index contributed by atoms with van der Waals surface area (Å²) in [6.07, 6.45) is 0.999. The summed E-state index contributed by atoms with van der Waals surface area (Å²) in [6, 6.07) is 18.3. The lowest BCUT2D eigenvalue weighted by Crippen LogP contribution is -2.19. The normalized spacial score (nSPS) is 10.4. The molecule has 0 aliphatic heterocycles. The number of nitrogens with one attached hydrogen (secondary N) is 1. The van der Waals surface area contributed by atoms with Gasteiger partial charge >= 0.3 is 0 Å². The van der Waals surface area contributed by atoms with Gasteiger partial charge in [-0.15, -0.1) is 0 Å². The quantitative estimate of drug-likeness (QED) is 0.777. The fraction of sp³-hybridized carbons (Fsp3) is 0.176. The molecule has 0 spiro atoms. The molecule has 0 radical (unpaired) electrons. The molecular formula is C17H18ClN. The molecule has 2 rings (SSSR count). The maximum absolute atomic E-state index is 5.86. The number of benzene rings is 2. The molecule has 0 fully saturated rings. The monoisotopic (exact) mass is 271 g/mol. The predicted molar refractivity (Wildman–Crippen MR) is 83.5 cm³/mol. The van der Waals surface area contributed by atoms with E-state index < -0.39 is 0 Å². The summed E-state index contributed by atoms with van der Waals surface area (Å²) in [5, 5.41) is 4.20. The van der Waals surface area contributed by atoms with Gasteiger partial charge in [0.2, 0.25) is 0 Å². The SMILES string of the molecule is C=C(CNCCc1ccc(Cl)cc1)c1ccccc1. The molecule has 0 amide bonds. The molecule has 0 aliphatic carbocycles. The van der Waals surface area contributed by atoms with E-state index in [0.717, 1.165) is 30.1 Å². The lowest BCUT2D eigenvalue weighted by molar-refractivity contribution is 0.751. The molecular weight excluding hydrogens is 254 g/mol. The molecule has 0 unspecified atom stereocenters. The fourth-order valence-corrected chi connectivity index (χ4v) is 2.02. The lowest BCUT2D eigenvalue weighted by atomic mass is 10.1. The molecule has 2 aromatic carbocycles. The molecule has 0 heterocycles. The fourth-order valence-electron chi connectivity index (χ4n) is 1.90. The van der Waals surface area contributed by atoms with Crippen molar-refractivity contribution in [3.05, 3.63) is 77.3 Å². The van der Waals surface area contributed by atoms with Gasteiger partial charge in [0.05, 0.1) is 0 Å². The Morgan fingerprint density at radius 3 is 2.37 bits per heavy atom. The van der Waals surface area contributed by atoms with E-state index in [9.17, 15) is 0 Å². The van der Waals surface area contributed by atoms with Crippen LogP contribution in [0, 0.1) is 0 Å². The summed E-state index contributed by atoms with van der Waals surface area (Å²) < 4.78 is 0. The second-order valence-electron chi connectivity index (χ2n) is 4.52. The Labute approximate surface area is 119 Å². The van der Waals surface area contributed by atoms with Crippen molar-refractivity contribution in [2.24, 2.45) is 0 Å². The van der Waals surface area contributed by atoms with Crippen molar-refractivity contribution in [3.8, 4) is 0 Å². The Hall–Kier alpha value is -1.57. The van der Waals surface area contributed by atoms with Crippen molar-refractivity contribution in [2.75, 3.05) is 13.1 Å². The zero-order valence-corrected chi connectivity index (χ0v) is 11.7. The van der Waals surface area contributed by atoms with Gasteiger partial charge in [-0.05, 0) is 41.8 Å². The van der Waals surface area contributed by atoms with Crippen molar-refractivity contribution >= 4 is 17.2 Å². The van der Waals surface area contributed by atoms with Crippen LogP contribution in [-0.4, -0.2) is 13.1 Å². The van der Waals surface area contributed by atoms with Crippen LogP contribution < -0.4 is 5.32 Å². The van der Waals surface area contributed by atoms with Crippen LogP contribution in [0.5, 0.6) is 0 Å². The third-order valence-corrected chi connectivity index (χ3v) is 3.28. The van der Waals surface area contributed by atoms with Gasteiger partial charge in [-0.1, -0.05) is 60.6 Å². The van der Waals surface area contributed by atoms with Crippen LogP contribution in [0.1, 0.15) is 11.1 Å². The van der Waals surface area contributed by atoms with Gasteiger partial charge < -0.3 is 5.32 Å². The maximum Gasteiger partial charge on any atom is 0.0406 e. The first kappa shape index (κ1) is 13.9. The van der Waals surface area contributed by atoms with Crippen molar-refractivity contribution < 1.29 is 0 Å². The predicted octanol–water partition coefficient (Wildman–Crippen LogP) is 4.19. The van der Waals surface area contributed by atoms with Gasteiger partial charge in [0.1, 0.15) is 0 Å². The second-order valence-corrected chi connectivity index (χ2v) is 4.96. The van der Waals surface area contributed by atoms with Crippen LogP contribution >= 0.6 is 11.6 Å². The lowest BCUT2D eigenvalue weighted by Gasteiger charge is -2.08. The zero-order chi connectivity index (χ0) is 13.5. The maximum atomic E-state index is 5.86. The van der Waals surface area contributed by atoms with Gasteiger partial charge in [0.15, 0.2) is 0 Å². The molecule has 0 aromatic heterocycles. The van der Waals surface area contributed by atoms with E-state index in [1.165, 1.54) is 11.1 Å². The second kappa shape index (κ2) is 7.13. The molecule has 2 heteroatoms. The highest BCUT2D eigenvalue weighted by atomic mass is 35.5. The highest BCUT2D eigenvalue weighted by Gasteiger charge is 1.98. The molecule has 0 bridgehead atoms. The van der Waals surface area contributed by atoms with Crippen LogP contribution in [0.15, 0.2) is 61.2 Å². The summed E-state index contributed by atoms with van der Waals surface area (Å²) in [6.45, 7) is 5.86. The molecule has 1 nitrogen and oxygen atoms in total. The Bertz CT molecular complexity index is 517. The minimum atomic E-state index is 0.786. The van der Waals surface area contributed by atoms with Gasteiger partial charge in [0.25, 0.3) is 0 Å². The molecule has 0 saturated heterocycles. The van der Waals surface area contributed by atoms with E-state index in [1.807, 2.05) is 30.3 Å². The Balaban J connectivity index is 1.72. The van der Waals surface area contributed by atoms with E-state index in [2.05, 4.69) is 36.2 Å². The molecule has 0 aliphatic rings. The van der Waals surface area contributed by atoms with Gasteiger partial charge in [-0.3, -0.25) is 0 Å². The Morgan fingerprint density at radius 1 is 1.00 bits per heavy atom. The van der Waals surface area contributed by atoms with Gasteiger partial charge in [-0.25, -0.2) is 0 Å². The van der Waals surface area contributed by atoms with Crippen molar-refractivity contribution in [1.82, 2.24) is 5.32 Å². The Morgan fingerprint density at radius 2 is 1.68 bits per heavy atom. The van der Waals surface area contributed by atoms with Crippen LogP contribution in [0.4, 0.5) is 0 Å². The number of hydrogen-bond acceptors (Lipinski definition) is 1. The third kappa shape index (κ3) is 4.55. The van der Waals surface area contributed by atoms with Crippen LogP contribution in [0.3, 0.4) is 0 Å². The van der Waals surface area contributed by atoms with Crippen LogP contribution in [0.2, 0.25) is 5.02 Å². The average molecular weight is 272 g/mol. The highest BCUT2D eigenvalue weighted by Crippen LogP contribution is 2.11. The van der Waals surface area contributed by atoms with E-state index in [-0.39, 0.29) is 0 Å². The van der Waals surface area contributed by atoms with E-state index in [1.54, 1.807) is 0 Å². The molecule has 98 valence electrons. The molecule has 19 heavy (non-hydrogen) atoms.